The highest BCUT2D eigenvalue weighted by molar-refractivity contribution is 6.33. The third-order valence-electron chi connectivity index (χ3n) is 4.82. The van der Waals surface area contributed by atoms with E-state index in [1.54, 1.807) is 6.07 Å². The van der Waals surface area contributed by atoms with E-state index in [1.165, 1.54) is 4.90 Å². The van der Waals surface area contributed by atoms with Gasteiger partial charge >= 0.3 is 0 Å². The maximum absolute atomic E-state index is 12.5. The molecule has 0 aliphatic carbocycles. The lowest BCUT2D eigenvalue weighted by molar-refractivity contribution is -0.153. The number of nitrogens with one attached hydrogen (secondary N) is 1. The van der Waals surface area contributed by atoms with E-state index in [9.17, 15) is 19.8 Å². The Bertz CT molecular complexity index is 749. The molecule has 1 aromatic carbocycles. The van der Waals surface area contributed by atoms with Crippen LogP contribution in [0.15, 0.2) is 36.1 Å². The fourth-order valence-electron chi connectivity index (χ4n) is 3.21. The minimum Gasteiger partial charge on any atom is -0.496 e. The molecule has 2 aliphatic rings. The number of piperazine rings is 1. The highest BCUT2D eigenvalue weighted by Crippen LogP contribution is 2.26. The van der Waals surface area contributed by atoms with Gasteiger partial charge in [-0.1, -0.05) is 23.7 Å². The normalized spacial score (nSPS) is 18.9. The molecule has 28 heavy (non-hydrogen) atoms. The Morgan fingerprint density at radius 1 is 1.14 bits per heavy atom. The van der Waals surface area contributed by atoms with Gasteiger partial charge in [0.2, 0.25) is 0 Å². The Hall–Kier alpha value is -2.29. The molecule has 2 atom stereocenters. The van der Waals surface area contributed by atoms with Crippen molar-refractivity contribution in [1.29, 1.82) is 0 Å². The van der Waals surface area contributed by atoms with Crippen molar-refractivity contribution >= 4 is 29.1 Å². The summed E-state index contributed by atoms with van der Waals surface area (Å²) in [5.74, 6) is -0.873. The molecule has 152 valence electrons. The molecule has 8 nitrogen and oxygen atoms in total. The number of ether oxygens (including phenoxy) is 1. The Kier molecular flexibility index (Phi) is 6.77. The Balaban J connectivity index is 1.49. The molecule has 2 amide bonds. The lowest BCUT2D eigenvalue weighted by Crippen LogP contribution is -2.55. The highest BCUT2D eigenvalue weighted by Gasteiger charge is 2.34. The van der Waals surface area contributed by atoms with Gasteiger partial charge in [0.05, 0.1) is 23.9 Å². The summed E-state index contributed by atoms with van der Waals surface area (Å²) < 4.78 is 5.25. The lowest BCUT2D eigenvalue weighted by atomic mass is 10.1. The molecular weight excluding hydrogens is 386 g/mol. The maximum Gasteiger partial charge on any atom is 0.254 e. The molecule has 0 aromatic heterocycles. The Labute approximate surface area is 168 Å². The predicted octanol–water partition coefficient (Wildman–Crippen LogP) is 0.131. The maximum atomic E-state index is 12.5. The third-order valence-corrected chi connectivity index (χ3v) is 5.14. The number of halogens is 1. The van der Waals surface area contributed by atoms with Crippen LogP contribution in [0.1, 0.15) is 6.42 Å². The van der Waals surface area contributed by atoms with Gasteiger partial charge in [-0.25, -0.2) is 0 Å². The van der Waals surface area contributed by atoms with Gasteiger partial charge < -0.3 is 30.1 Å². The van der Waals surface area contributed by atoms with Crippen molar-refractivity contribution in [1.82, 2.24) is 10.2 Å². The SMILES string of the molecule is O=C(NCC1=CCCO1)[C@H](O)[C@@H](O)C(=O)N1CCN(c2ccccc2Cl)CC1. The van der Waals surface area contributed by atoms with Gasteiger partial charge in [-0.15, -0.1) is 0 Å². The summed E-state index contributed by atoms with van der Waals surface area (Å²) in [5, 5.41) is 23.3. The van der Waals surface area contributed by atoms with Gasteiger partial charge in [0, 0.05) is 32.6 Å². The molecule has 0 unspecified atom stereocenters. The number of amides is 2. The summed E-state index contributed by atoms with van der Waals surface area (Å²) in [6.07, 6.45) is -1.04. The van der Waals surface area contributed by atoms with Crippen LogP contribution in [-0.4, -0.2) is 78.5 Å². The van der Waals surface area contributed by atoms with Crippen molar-refractivity contribution in [3.05, 3.63) is 41.1 Å². The number of nitrogens with zero attached hydrogens (tertiary/aromatic N) is 2. The number of para-hydroxylation sites is 1. The lowest BCUT2D eigenvalue weighted by Gasteiger charge is -2.37. The van der Waals surface area contributed by atoms with Gasteiger partial charge in [-0.2, -0.15) is 0 Å². The molecule has 1 aromatic rings. The number of anilines is 1. The van der Waals surface area contributed by atoms with Crippen LogP contribution < -0.4 is 10.2 Å². The van der Waals surface area contributed by atoms with E-state index in [-0.39, 0.29) is 6.54 Å². The number of aliphatic hydroxyl groups is 2. The summed E-state index contributed by atoms with van der Waals surface area (Å²) in [7, 11) is 0. The van der Waals surface area contributed by atoms with E-state index in [0.717, 1.165) is 12.1 Å². The number of carbonyl (C=O) groups excluding carboxylic acids is 2. The molecule has 3 N–H and O–H groups in total. The van der Waals surface area contributed by atoms with E-state index in [1.807, 2.05) is 24.3 Å². The van der Waals surface area contributed by atoms with E-state index in [2.05, 4.69) is 10.2 Å². The van der Waals surface area contributed by atoms with Crippen LogP contribution >= 0.6 is 11.6 Å². The van der Waals surface area contributed by atoms with Crippen molar-refractivity contribution in [2.75, 3.05) is 44.2 Å². The first-order valence-corrected chi connectivity index (χ1v) is 9.59. The fourth-order valence-corrected chi connectivity index (χ4v) is 3.47. The van der Waals surface area contributed by atoms with Crippen LogP contribution in [-0.2, 0) is 14.3 Å². The summed E-state index contributed by atoms with van der Waals surface area (Å²) in [4.78, 5) is 28.0. The predicted molar refractivity (Wildman–Crippen MR) is 104 cm³/mol. The van der Waals surface area contributed by atoms with Crippen LogP contribution in [0.2, 0.25) is 5.02 Å². The van der Waals surface area contributed by atoms with Crippen LogP contribution in [0.25, 0.3) is 0 Å². The summed E-state index contributed by atoms with van der Waals surface area (Å²) >= 11 is 6.21. The van der Waals surface area contributed by atoms with Crippen molar-refractivity contribution in [2.45, 2.75) is 18.6 Å². The van der Waals surface area contributed by atoms with Gasteiger partial charge in [-0.05, 0) is 18.2 Å². The topological polar surface area (TPSA) is 102 Å². The Morgan fingerprint density at radius 2 is 1.86 bits per heavy atom. The van der Waals surface area contributed by atoms with E-state index >= 15 is 0 Å². The van der Waals surface area contributed by atoms with Crippen LogP contribution in [0.3, 0.4) is 0 Å². The molecule has 0 bridgehead atoms. The summed E-state index contributed by atoms with van der Waals surface area (Å²) in [6, 6.07) is 7.46. The molecule has 3 rings (SSSR count). The molecule has 0 saturated carbocycles. The average molecular weight is 410 g/mol. The van der Waals surface area contributed by atoms with Crippen LogP contribution in [0, 0.1) is 0 Å². The third kappa shape index (κ3) is 4.76. The molecule has 0 spiro atoms. The zero-order valence-electron chi connectivity index (χ0n) is 15.4. The minimum absolute atomic E-state index is 0.118. The Morgan fingerprint density at radius 3 is 2.50 bits per heavy atom. The first kappa shape index (κ1) is 20.4. The molecule has 1 fully saturated rings. The fraction of sp³-hybridized carbons (Fsp3) is 0.474. The second-order valence-corrected chi connectivity index (χ2v) is 7.09. The second-order valence-electron chi connectivity index (χ2n) is 6.68. The molecule has 2 heterocycles. The monoisotopic (exact) mass is 409 g/mol. The van der Waals surface area contributed by atoms with Gasteiger partial charge in [0.1, 0.15) is 5.76 Å². The first-order chi connectivity index (χ1) is 13.5. The smallest absolute Gasteiger partial charge is 0.254 e. The number of hydrogen-bond donors (Lipinski definition) is 3. The van der Waals surface area contributed by atoms with Gasteiger partial charge in [0.25, 0.3) is 11.8 Å². The van der Waals surface area contributed by atoms with Crippen molar-refractivity contribution in [2.24, 2.45) is 0 Å². The van der Waals surface area contributed by atoms with Gasteiger partial charge in [-0.3, -0.25) is 9.59 Å². The molecule has 0 radical (unpaired) electrons. The standard InChI is InChI=1S/C19H24ClN3O5/c20-14-5-1-2-6-15(14)22-7-9-23(10-8-22)19(27)17(25)16(24)18(26)21-12-13-4-3-11-28-13/h1-2,4-6,16-17,24-25H,3,7-12H2,(H,21,26)/t16-,17-/m1/s1. The van der Waals surface area contributed by atoms with E-state index in [4.69, 9.17) is 16.3 Å². The number of hydrogen-bond acceptors (Lipinski definition) is 6. The highest BCUT2D eigenvalue weighted by atomic mass is 35.5. The molecular formula is C19H24ClN3O5. The van der Waals surface area contributed by atoms with Crippen molar-refractivity contribution < 1.29 is 24.5 Å². The first-order valence-electron chi connectivity index (χ1n) is 9.21. The van der Waals surface area contributed by atoms with Crippen LogP contribution in [0.5, 0.6) is 0 Å². The van der Waals surface area contributed by atoms with E-state index in [0.29, 0.717) is 43.6 Å². The number of benzene rings is 1. The summed E-state index contributed by atoms with van der Waals surface area (Å²) in [5.41, 5.74) is 0.889. The van der Waals surface area contributed by atoms with E-state index < -0.39 is 24.0 Å². The summed E-state index contributed by atoms with van der Waals surface area (Å²) in [6.45, 7) is 2.47. The zero-order valence-corrected chi connectivity index (χ0v) is 16.1. The number of aliphatic hydroxyl groups excluding tert-OH is 2. The number of rotatable bonds is 6. The van der Waals surface area contributed by atoms with Crippen molar-refractivity contribution in [3.8, 4) is 0 Å². The van der Waals surface area contributed by atoms with Crippen molar-refractivity contribution in [3.63, 3.8) is 0 Å². The average Bonchev–Trinajstić information content (AvgIpc) is 3.24. The molecule has 2 aliphatic heterocycles. The number of carbonyl (C=O) groups is 2. The largest absolute Gasteiger partial charge is 0.496 e. The second kappa shape index (κ2) is 9.27. The molecule has 1 saturated heterocycles. The quantitative estimate of drug-likeness (QED) is 0.617. The zero-order chi connectivity index (χ0) is 20.1. The molecule has 9 heteroatoms. The minimum atomic E-state index is -1.84. The van der Waals surface area contributed by atoms with Gasteiger partial charge in [0.15, 0.2) is 12.2 Å². The van der Waals surface area contributed by atoms with Crippen LogP contribution in [0.4, 0.5) is 5.69 Å².